The van der Waals surface area contributed by atoms with Gasteiger partial charge in [0.25, 0.3) is 0 Å². The Morgan fingerprint density at radius 3 is 2.50 bits per heavy atom. The van der Waals surface area contributed by atoms with E-state index in [2.05, 4.69) is 45.0 Å². The molecule has 2 unspecified atom stereocenters. The molecule has 114 valence electrons. The average molecular weight is 280 g/mol. The highest BCUT2D eigenvalue weighted by Gasteiger charge is 2.17. The number of benzene rings is 1. The summed E-state index contributed by atoms with van der Waals surface area (Å²) in [5, 5.41) is 3.45. The summed E-state index contributed by atoms with van der Waals surface area (Å²) in [5.74, 6) is -0.162. The van der Waals surface area contributed by atoms with Gasteiger partial charge in [-0.2, -0.15) is 0 Å². The third-order valence-electron chi connectivity index (χ3n) is 3.90. The van der Waals surface area contributed by atoms with Crippen LogP contribution in [0.5, 0.6) is 0 Å². The molecule has 1 aromatic carbocycles. The van der Waals surface area contributed by atoms with Crippen LogP contribution in [-0.4, -0.2) is 19.6 Å². The number of hydrogen-bond acceptors (Lipinski definition) is 2. The molecule has 0 aromatic heterocycles. The van der Waals surface area contributed by atoms with E-state index in [0.29, 0.717) is 6.04 Å². The molecule has 0 aliphatic heterocycles. The molecule has 0 saturated heterocycles. The SMILES string of the molecule is CCCNC(C)c1cc(F)ccc1N(C)C(C)CCC. The van der Waals surface area contributed by atoms with E-state index in [9.17, 15) is 4.39 Å². The zero-order valence-corrected chi connectivity index (χ0v) is 13.5. The third-order valence-corrected chi connectivity index (χ3v) is 3.90. The maximum absolute atomic E-state index is 13.6. The van der Waals surface area contributed by atoms with Gasteiger partial charge in [-0.1, -0.05) is 20.3 Å². The minimum atomic E-state index is -0.162. The number of halogens is 1. The number of rotatable bonds is 8. The second-order valence-corrected chi connectivity index (χ2v) is 5.63. The van der Waals surface area contributed by atoms with Gasteiger partial charge in [-0.05, 0) is 57.0 Å². The smallest absolute Gasteiger partial charge is 0.123 e. The Balaban J connectivity index is 3.00. The summed E-state index contributed by atoms with van der Waals surface area (Å²) in [5.41, 5.74) is 2.17. The summed E-state index contributed by atoms with van der Waals surface area (Å²) in [7, 11) is 2.10. The van der Waals surface area contributed by atoms with Gasteiger partial charge < -0.3 is 10.2 Å². The van der Waals surface area contributed by atoms with E-state index in [4.69, 9.17) is 0 Å². The largest absolute Gasteiger partial charge is 0.372 e. The topological polar surface area (TPSA) is 15.3 Å². The van der Waals surface area contributed by atoms with Gasteiger partial charge in [0.15, 0.2) is 0 Å². The monoisotopic (exact) mass is 280 g/mol. The third kappa shape index (κ3) is 4.48. The van der Waals surface area contributed by atoms with Gasteiger partial charge in [0.05, 0.1) is 0 Å². The van der Waals surface area contributed by atoms with Crippen LogP contribution in [0.25, 0.3) is 0 Å². The minimum Gasteiger partial charge on any atom is -0.372 e. The molecular weight excluding hydrogens is 251 g/mol. The fourth-order valence-electron chi connectivity index (χ4n) is 2.51. The number of nitrogens with one attached hydrogen (secondary N) is 1. The van der Waals surface area contributed by atoms with Crippen molar-refractivity contribution in [2.24, 2.45) is 0 Å². The standard InChI is InChI=1S/C17H29FN2/c1-6-8-13(3)20(5)17-10-9-15(18)12-16(17)14(4)19-11-7-2/h9-10,12-14,19H,6-8,11H2,1-5H3. The van der Waals surface area contributed by atoms with Crippen molar-refractivity contribution in [3.63, 3.8) is 0 Å². The normalized spacial score (nSPS) is 14.1. The molecule has 20 heavy (non-hydrogen) atoms. The molecule has 0 bridgehead atoms. The highest BCUT2D eigenvalue weighted by molar-refractivity contribution is 5.55. The molecule has 1 aromatic rings. The van der Waals surface area contributed by atoms with E-state index in [-0.39, 0.29) is 11.9 Å². The average Bonchev–Trinajstić information content (AvgIpc) is 2.44. The number of nitrogens with zero attached hydrogens (tertiary/aromatic N) is 1. The van der Waals surface area contributed by atoms with Crippen molar-refractivity contribution in [1.82, 2.24) is 5.32 Å². The van der Waals surface area contributed by atoms with Crippen LogP contribution in [0.2, 0.25) is 0 Å². The van der Waals surface area contributed by atoms with E-state index in [0.717, 1.165) is 37.1 Å². The Morgan fingerprint density at radius 2 is 1.90 bits per heavy atom. The molecule has 2 nitrogen and oxygen atoms in total. The van der Waals surface area contributed by atoms with Crippen molar-refractivity contribution >= 4 is 5.69 Å². The molecule has 1 rings (SSSR count). The van der Waals surface area contributed by atoms with Crippen LogP contribution in [0, 0.1) is 5.82 Å². The van der Waals surface area contributed by atoms with Crippen molar-refractivity contribution < 1.29 is 4.39 Å². The van der Waals surface area contributed by atoms with E-state index < -0.39 is 0 Å². The van der Waals surface area contributed by atoms with Crippen LogP contribution in [-0.2, 0) is 0 Å². The molecular formula is C17H29FN2. The van der Waals surface area contributed by atoms with Crippen molar-refractivity contribution in [2.75, 3.05) is 18.5 Å². The van der Waals surface area contributed by atoms with Gasteiger partial charge in [0.1, 0.15) is 5.82 Å². The van der Waals surface area contributed by atoms with Gasteiger partial charge in [0, 0.05) is 24.8 Å². The Bertz CT molecular complexity index is 406. The first-order valence-corrected chi connectivity index (χ1v) is 7.76. The van der Waals surface area contributed by atoms with Crippen molar-refractivity contribution in [1.29, 1.82) is 0 Å². The van der Waals surface area contributed by atoms with Crippen molar-refractivity contribution in [3.8, 4) is 0 Å². The first kappa shape index (κ1) is 17.0. The van der Waals surface area contributed by atoms with Crippen molar-refractivity contribution in [3.05, 3.63) is 29.6 Å². The molecule has 2 atom stereocenters. The van der Waals surface area contributed by atoms with E-state index in [1.807, 2.05) is 6.07 Å². The Morgan fingerprint density at radius 1 is 1.20 bits per heavy atom. The zero-order chi connectivity index (χ0) is 15.1. The predicted molar refractivity (Wildman–Crippen MR) is 85.9 cm³/mol. The first-order chi connectivity index (χ1) is 9.51. The lowest BCUT2D eigenvalue weighted by atomic mass is 10.0. The van der Waals surface area contributed by atoms with Gasteiger partial charge >= 0.3 is 0 Å². The summed E-state index contributed by atoms with van der Waals surface area (Å²) < 4.78 is 13.6. The summed E-state index contributed by atoms with van der Waals surface area (Å²) >= 11 is 0. The second-order valence-electron chi connectivity index (χ2n) is 5.63. The van der Waals surface area contributed by atoms with Crippen LogP contribution in [0.3, 0.4) is 0 Å². The molecule has 0 heterocycles. The van der Waals surface area contributed by atoms with Gasteiger partial charge in [0.2, 0.25) is 0 Å². The van der Waals surface area contributed by atoms with Crippen molar-refractivity contribution in [2.45, 2.75) is 59.0 Å². The Hall–Kier alpha value is -1.09. The van der Waals surface area contributed by atoms with Gasteiger partial charge in [-0.15, -0.1) is 0 Å². The molecule has 0 amide bonds. The lowest BCUT2D eigenvalue weighted by Gasteiger charge is -2.30. The number of hydrogen-bond donors (Lipinski definition) is 1. The molecule has 0 radical (unpaired) electrons. The molecule has 0 aliphatic rings. The summed E-state index contributed by atoms with van der Waals surface area (Å²) in [6.45, 7) is 9.61. The molecule has 0 aliphatic carbocycles. The van der Waals surface area contributed by atoms with Gasteiger partial charge in [-0.3, -0.25) is 0 Å². The highest BCUT2D eigenvalue weighted by Crippen LogP contribution is 2.28. The van der Waals surface area contributed by atoms with Crippen LogP contribution in [0.4, 0.5) is 10.1 Å². The maximum Gasteiger partial charge on any atom is 0.123 e. The maximum atomic E-state index is 13.6. The van der Waals surface area contributed by atoms with Crippen LogP contribution in [0.15, 0.2) is 18.2 Å². The summed E-state index contributed by atoms with van der Waals surface area (Å²) in [4.78, 5) is 2.27. The summed E-state index contributed by atoms with van der Waals surface area (Å²) in [6.07, 6.45) is 3.38. The molecule has 1 N–H and O–H groups in total. The van der Waals surface area contributed by atoms with Crippen LogP contribution in [0.1, 0.15) is 58.6 Å². The van der Waals surface area contributed by atoms with E-state index in [1.54, 1.807) is 12.1 Å². The zero-order valence-electron chi connectivity index (χ0n) is 13.5. The Kier molecular flexibility index (Phi) is 7.00. The van der Waals surface area contributed by atoms with Crippen LogP contribution < -0.4 is 10.2 Å². The fraction of sp³-hybridized carbons (Fsp3) is 0.647. The molecule has 0 saturated carbocycles. The highest BCUT2D eigenvalue weighted by atomic mass is 19.1. The minimum absolute atomic E-state index is 0.162. The molecule has 0 fully saturated rings. The lowest BCUT2D eigenvalue weighted by Crippen LogP contribution is -2.31. The second kappa shape index (κ2) is 8.25. The fourth-order valence-corrected chi connectivity index (χ4v) is 2.51. The summed E-state index contributed by atoms with van der Waals surface area (Å²) in [6, 6.07) is 5.75. The van der Waals surface area contributed by atoms with Crippen LogP contribution >= 0.6 is 0 Å². The first-order valence-electron chi connectivity index (χ1n) is 7.76. The quantitative estimate of drug-likeness (QED) is 0.753. The molecule has 0 spiro atoms. The Labute approximate surface area is 123 Å². The molecule has 3 heteroatoms. The van der Waals surface area contributed by atoms with Gasteiger partial charge in [-0.25, -0.2) is 4.39 Å². The predicted octanol–water partition coefficient (Wildman–Crippen LogP) is 4.51. The lowest BCUT2D eigenvalue weighted by molar-refractivity contribution is 0.555. The van der Waals surface area contributed by atoms with E-state index >= 15 is 0 Å². The number of anilines is 1. The van der Waals surface area contributed by atoms with E-state index in [1.165, 1.54) is 0 Å².